The van der Waals surface area contributed by atoms with Gasteiger partial charge in [-0.15, -0.1) is 0 Å². The van der Waals surface area contributed by atoms with Crippen molar-refractivity contribution in [2.75, 3.05) is 26.7 Å². The van der Waals surface area contributed by atoms with Crippen LogP contribution in [-0.4, -0.2) is 49.6 Å². The average Bonchev–Trinajstić information content (AvgIpc) is 2.34. The number of nitrogens with one attached hydrogen (secondary N) is 2. The molecule has 1 aliphatic rings. The van der Waals surface area contributed by atoms with Gasteiger partial charge in [-0.25, -0.2) is 0 Å². The molecule has 0 aliphatic carbocycles. The van der Waals surface area contributed by atoms with E-state index in [9.17, 15) is 4.79 Å². The molecule has 0 radical (unpaired) electrons. The van der Waals surface area contributed by atoms with Gasteiger partial charge in [0.05, 0.1) is 5.92 Å². The normalized spacial score (nSPS) is 24.6. The van der Waals surface area contributed by atoms with Gasteiger partial charge in [-0.1, -0.05) is 0 Å². The van der Waals surface area contributed by atoms with Crippen LogP contribution < -0.4 is 10.6 Å². The maximum Gasteiger partial charge on any atom is 0.224 e. The molecule has 1 amide bonds. The van der Waals surface area contributed by atoms with Crippen LogP contribution >= 0.6 is 0 Å². The van der Waals surface area contributed by atoms with E-state index < -0.39 is 0 Å². The summed E-state index contributed by atoms with van der Waals surface area (Å²) in [5.41, 5.74) is 0. The molecule has 2 N–H and O–H groups in total. The molecule has 0 aromatic rings. The van der Waals surface area contributed by atoms with Gasteiger partial charge in [0.25, 0.3) is 0 Å². The summed E-state index contributed by atoms with van der Waals surface area (Å²) in [5, 5.41) is 6.44. The lowest BCUT2D eigenvalue weighted by Crippen LogP contribution is -2.47. The van der Waals surface area contributed by atoms with Crippen molar-refractivity contribution in [2.24, 2.45) is 5.92 Å². The van der Waals surface area contributed by atoms with Gasteiger partial charge in [0.2, 0.25) is 5.91 Å². The minimum atomic E-state index is 0.154. The van der Waals surface area contributed by atoms with Crippen molar-refractivity contribution in [1.82, 2.24) is 15.5 Å². The quantitative estimate of drug-likeness (QED) is 0.702. The first-order valence-corrected chi connectivity index (χ1v) is 7.23. The number of rotatable bonds is 6. The molecule has 4 nitrogen and oxygen atoms in total. The van der Waals surface area contributed by atoms with Crippen LogP contribution in [0.1, 0.15) is 40.0 Å². The summed E-state index contributed by atoms with van der Waals surface area (Å²) in [6, 6.07) is 0.889. The first-order chi connectivity index (χ1) is 8.52. The Bertz CT molecular complexity index is 255. The van der Waals surface area contributed by atoms with Crippen LogP contribution in [0.2, 0.25) is 0 Å². The number of hydrogen-bond acceptors (Lipinski definition) is 3. The van der Waals surface area contributed by atoms with Crippen molar-refractivity contribution >= 4 is 5.91 Å². The summed E-state index contributed by atoms with van der Waals surface area (Å²) < 4.78 is 0. The minimum absolute atomic E-state index is 0.154. The summed E-state index contributed by atoms with van der Waals surface area (Å²) in [7, 11) is 2.12. The van der Waals surface area contributed by atoms with Crippen LogP contribution in [0.15, 0.2) is 0 Å². The number of hydrogen-bond donors (Lipinski definition) is 2. The Balaban J connectivity index is 2.16. The van der Waals surface area contributed by atoms with E-state index in [2.05, 4.69) is 43.4 Å². The van der Waals surface area contributed by atoms with Crippen LogP contribution in [0.3, 0.4) is 0 Å². The molecule has 106 valence electrons. The standard InChI is InChI=1S/C14H29N3O/c1-11(2)17(4)10-6-9-16-14(18)13-7-5-8-15-12(13)3/h11-13,15H,5-10H2,1-4H3,(H,16,18). The average molecular weight is 255 g/mol. The number of carbonyl (C=O) groups is 1. The largest absolute Gasteiger partial charge is 0.356 e. The first kappa shape index (κ1) is 15.4. The zero-order chi connectivity index (χ0) is 13.5. The Morgan fingerprint density at radius 2 is 2.22 bits per heavy atom. The van der Waals surface area contributed by atoms with Crippen molar-refractivity contribution in [1.29, 1.82) is 0 Å². The molecule has 1 rings (SSSR count). The number of piperidine rings is 1. The summed E-state index contributed by atoms with van der Waals surface area (Å²) in [6.45, 7) is 9.36. The maximum atomic E-state index is 12.0. The van der Waals surface area contributed by atoms with Gasteiger partial charge in [-0.05, 0) is 60.2 Å². The Hall–Kier alpha value is -0.610. The van der Waals surface area contributed by atoms with Crippen LogP contribution in [-0.2, 0) is 4.79 Å². The van der Waals surface area contributed by atoms with Gasteiger partial charge >= 0.3 is 0 Å². The van der Waals surface area contributed by atoms with E-state index in [-0.39, 0.29) is 11.8 Å². The summed E-state index contributed by atoms with van der Waals surface area (Å²) in [5.74, 6) is 0.378. The predicted molar refractivity (Wildman–Crippen MR) is 75.6 cm³/mol. The number of nitrogens with zero attached hydrogens (tertiary/aromatic N) is 1. The van der Waals surface area contributed by atoms with Crippen LogP contribution in [0, 0.1) is 5.92 Å². The third kappa shape index (κ3) is 4.94. The fraction of sp³-hybridized carbons (Fsp3) is 0.929. The monoisotopic (exact) mass is 255 g/mol. The molecule has 2 atom stereocenters. The fourth-order valence-electron chi connectivity index (χ4n) is 2.33. The van der Waals surface area contributed by atoms with Gasteiger partial charge in [0, 0.05) is 18.6 Å². The van der Waals surface area contributed by atoms with Crippen LogP contribution in [0.4, 0.5) is 0 Å². The summed E-state index contributed by atoms with van der Waals surface area (Å²) in [4.78, 5) is 14.3. The molecule has 18 heavy (non-hydrogen) atoms. The smallest absolute Gasteiger partial charge is 0.224 e. The van der Waals surface area contributed by atoms with Crippen molar-refractivity contribution in [3.63, 3.8) is 0 Å². The molecular formula is C14H29N3O. The Morgan fingerprint density at radius 3 is 2.83 bits per heavy atom. The number of carbonyl (C=O) groups excluding carboxylic acids is 1. The van der Waals surface area contributed by atoms with Gasteiger partial charge in [-0.2, -0.15) is 0 Å². The third-order valence-corrected chi connectivity index (χ3v) is 3.97. The van der Waals surface area contributed by atoms with E-state index >= 15 is 0 Å². The molecule has 1 saturated heterocycles. The molecule has 0 aromatic heterocycles. The first-order valence-electron chi connectivity index (χ1n) is 7.23. The van der Waals surface area contributed by atoms with Crippen LogP contribution in [0.5, 0.6) is 0 Å². The lowest BCUT2D eigenvalue weighted by molar-refractivity contribution is -0.126. The SMILES string of the molecule is CC1NCCCC1C(=O)NCCCN(C)C(C)C. The summed E-state index contributed by atoms with van der Waals surface area (Å²) in [6.07, 6.45) is 3.15. The summed E-state index contributed by atoms with van der Waals surface area (Å²) >= 11 is 0. The van der Waals surface area contributed by atoms with Crippen molar-refractivity contribution in [3.05, 3.63) is 0 Å². The highest BCUT2D eigenvalue weighted by atomic mass is 16.1. The molecule has 1 fully saturated rings. The zero-order valence-electron chi connectivity index (χ0n) is 12.3. The highest BCUT2D eigenvalue weighted by Gasteiger charge is 2.26. The Kier molecular flexibility index (Phi) is 6.65. The molecule has 0 aromatic carbocycles. The molecule has 0 spiro atoms. The third-order valence-electron chi connectivity index (χ3n) is 3.97. The van der Waals surface area contributed by atoms with Gasteiger partial charge < -0.3 is 15.5 Å². The second-order valence-electron chi connectivity index (χ2n) is 5.71. The van der Waals surface area contributed by atoms with Crippen LogP contribution in [0.25, 0.3) is 0 Å². The topological polar surface area (TPSA) is 44.4 Å². The van der Waals surface area contributed by atoms with E-state index in [1.54, 1.807) is 0 Å². The zero-order valence-corrected chi connectivity index (χ0v) is 12.3. The Labute approximate surface area is 111 Å². The van der Waals surface area contributed by atoms with Crippen molar-refractivity contribution in [3.8, 4) is 0 Å². The molecular weight excluding hydrogens is 226 g/mol. The second kappa shape index (κ2) is 7.74. The van der Waals surface area contributed by atoms with E-state index in [1.165, 1.54) is 0 Å². The minimum Gasteiger partial charge on any atom is -0.356 e. The van der Waals surface area contributed by atoms with E-state index in [1.807, 2.05) is 0 Å². The fourth-order valence-corrected chi connectivity index (χ4v) is 2.33. The van der Waals surface area contributed by atoms with Crippen molar-refractivity contribution in [2.45, 2.75) is 52.1 Å². The Morgan fingerprint density at radius 1 is 1.50 bits per heavy atom. The van der Waals surface area contributed by atoms with E-state index in [0.29, 0.717) is 12.1 Å². The van der Waals surface area contributed by atoms with Gasteiger partial charge in [-0.3, -0.25) is 4.79 Å². The van der Waals surface area contributed by atoms with Gasteiger partial charge in [0.15, 0.2) is 0 Å². The van der Waals surface area contributed by atoms with Gasteiger partial charge in [0.1, 0.15) is 0 Å². The highest BCUT2D eigenvalue weighted by molar-refractivity contribution is 5.79. The van der Waals surface area contributed by atoms with Crippen molar-refractivity contribution < 1.29 is 4.79 Å². The molecule has 1 heterocycles. The van der Waals surface area contributed by atoms with E-state index in [0.717, 1.165) is 38.9 Å². The second-order valence-corrected chi connectivity index (χ2v) is 5.71. The molecule has 2 unspecified atom stereocenters. The predicted octanol–water partition coefficient (Wildman–Crippen LogP) is 1.22. The number of amides is 1. The highest BCUT2D eigenvalue weighted by Crippen LogP contribution is 2.16. The molecule has 0 bridgehead atoms. The lowest BCUT2D eigenvalue weighted by Gasteiger charge is -2.29. The molecule has 1 aliphatic heterocycles. The maximum absolute atomic E-state index is 12.0. The van der Waals surface area contributed by atoms with E-state index in [4.69, 9.17) is 0 Å². The lowest BCUT2D eigenvalue weighted by atomic mass is 9.91. The molecule has 0 saturated carbocycles. The molecule has 4 heteroatoms.